The summed E-state index contributed by atoms with van der Waals surface area (Å²) in [6.45, 7) is 1.09. The molecule has 1 N–H and O–H groups in total. The highest BCUT2D eigenvalue weighted by molar-refractivity contribution is 5.37. The summed E-state index contributed by atoms with van der Waals surface area (Å²) in [5, 5.41) is 7.52. The van der Waals surface area contributed by atoms with E-state index in [1.54, 1.807) is 0 Å². The Kier molecular flexibility index (Phi) is 2.92. The number of hydrogen-bond donors (Lipinski definition) is 1. The Balaban J connectivity index is 1.46. The van der Waals surface area contributed by atoms with Crippen LogP contribution in [0.4, 0.5) is 0 Å². The maximum Gasteiger partial charge on any atom is 0.228 e. The van der Waals surface area contributed by atoms with Gasteiger partial charge in [0.25, 0.3) is 0 Å². The fourth-order valence-corrected chi connectivity index (χ4v) is 2.95. The maximum atomic E-state index is 5.88. The Bertz CT molecular complexity index is 580. The Labute approximate surface area is 117 Å². The number of fused-ring (bicyclic) bond motifs is 1. The third-order valence-electron chi connectivity index (χ3n) is 4.00. The SMILES string of the molecule is c1ccc2c(c1)CC(c1noc(CC3CCCN3)n1)O2. The summed E-state index contributed by atoms with van der Waals surface area (Å²) in [5.41, 5.74) is 1.21. The lowest BCUT2D eigenvalue weighted by Gasteiger charge is -2.05. The van der Waals surface area contributed by atoms with Gasteiger partial charge < -0.3 is 14.6 Å². The molecule has 2 atom stereocenters. The molecule has 2 aromatic rings. The zero-order valence-corrected chi connectivity index (χ0v) is 11.2. The minimum Gasteiger partial charge on any atom is -0.482 e. The molecule has 0 radical (unpaired) electrons. The van der Waals surface area contributed by atoms with Crippen molar-refractivity contribution >= 4 is 0 Å². The van der Waals surface area contributed by atoms with Crippen LogP contribution >= 0.6 is 0 Å². The standard InChI is InChI=1S/C15H17N3O2/c1-2-6-12-10(4-1)8-13(19-12)15-17-14(20-18-15)9-11-5-3-7-16-11/h1-2,4,6,11,13,16H,3,5,7-9H2. The van der Waals surface area contributed by atoms with E-state index in [4.69, 9.17) is 9.26 Å². The molecule has 0 amide bonds. The average Bonchev–Trinajstić information content (AvgIpc) is 3.18. The predicted molar refractivity (Wildman–Crippen MR) is 72.5 cm³/mol. The second-order valence-corrected chi connectivity index (χ2v) is 5.46. The minimum atomic E-state index is -0.110. The lowest BCUT2D eigenvalue weighted by atomic mass is 10.1. The fourth-order valence-electron chi connectivity index (χ4n) is 2.95. The summed E-state index contributed by atoms with van der Waals surface area (Å²) in [6, 6.07) is 8.55. The van der Waals surface area contributed by atoms with E-state index in [-0.39, 0.29) is 6.10 Å². The van der Waals surface area contributed by atoms with E-state index in [9.17, 15) is 0 Å². The van der Waals surface area contributed by atoms with Gasteiger partial charge in [0.05, 0.1) is 0 Å². The van der Waals surface area contributed by atoms with E-state index >= 15 is 0 Å². The van der Waals surface area contributed by atoms with Crippen molar-refractivity contribution in [3.8, 4) is 5.75 Å². The second kappa shape index (κ2) is 4.90. The quantitative estimate of drug-likeness (QED) is 0.925. The molecule has 0 spiro atoms. The number of nitrogens with one attached hydrogen (secondary N) is 1. The molecule has 3 heterocycles. The van der Waals surface area contributed by atoms with Crippen LogP contribution in [0.2, 0.25) is 0 Å². The molecule has 1 aromatic carbocycles. The molecule has 2 aliphatic heterocycles. The summed E-state index contributed by atoms with van der Waals surface area (Å²) in [6.07, 6.45) is 3.93. The highest BCUT2D eigenvalue weighted by Crippen LogP contribution is 2.35. The lowest BCUT2D eigenvalue weighted by Crippen LogP contribution is -2.23. The van der Waals surface area contributed by atoms with Gasteiger partial charge in [-0.2, -0.15) is 4.98 Å². The van der Waals surface area contributed by atoms with E-state index in [1.165, 1.54) is 18.4 Å². The maximum absolute atomic E-state index is 5.88. The van der Waals surface area contributed by atoms with Crippen molar-refractivity contribution in [1.29, 1.82) is 0 Å². The number of aromatic nitrogens is 2. The molecule has 104 valence electrons. The van der Waals surface area contributed by atoms with Gasteiger partial charge in [0.15, 0.2) is 6.10 Å². The normalized spacial score (nSPS) is 24.6. The zero-order valence-electron chi connectivity index (χ0n) is 11.2. The first-order valence-corrected chi connectivity index (χ1v) is 7.19. The molecule has 0 bridgehead atoms. The fraction of sp³-hybridized carbons (Fsp3) is 0.467. The average molecular weight is 271 g/mol. The van der Waals surface area contributed by atoms with Crippen molar-refractivity contribution in [2.45, 2.75) is 37.8 Å². The Morgan fingerprint density at radius 2 is 2.25 bits per heavy atom. The summed E-state index contributed by atoms with van der Waals surface area (Å²) in [4.78, 5) is 4.50. The first-order valence-electron chi connectivity index (χ1n) is 7.19. The minimum absolute atomic E-state index is 0.110. The molecule has 5 heteroatoms. The van der Waals surface area contributed by atoms with Gasteiger partial charge in [-0.05, 0) is 31.0 Å². The van der Waals surface area contributed by atoms with Crippen LogP contribution in [-0.2, 0) is 12.8 Å². The summed E-state index contributed by atoms with van der Waals surface area (Å²) >= 11 is 0. The van der Waals surface area contributed by atoms with Gasteiger partial charge in [0, 0.05) is 18.9 Å². The summed E-state index contributed by atoms with van der Waals surface area (Å²) in [7, 11) is 0. The first-order chi connectivity index (χ1) is 9.88. The molecular weight excluding hydrogens is 254 g/mol. The van der Waals surface area contributed by atoms with Crippen molar-refractivity contribution in [3.05, 3.63) is 41.5 Å². The van der Waals surface area contributed by atoms with Crippen molar-refractivity contribution in [2.24, 2.45) is 0 Å². The molecule has 1 fully saturated rings. The van der Waals surface area contributed by atoms with Crippen LogP contribution in [0.3, 0.4) is 0 Å². The van der Waals surface area contributed by atoms with Crippen LogP contribution in [0.15, 0.2) is 28.8 Å². The summed E-state index contributed by atoms with van der Waals surface area (Å²) < 4.78 is 11.2. The monoisotopic (exact) mass is 271 g/mol. The predicted octanol–water partition coefficient (Wildman–Crippen LogP) is 2.04. The molecule has 2 aliphatic rings. The van der Waals surface area contributed by atoms with Gasteiger partial charge in [-0.25, -0.2) is 0 Å². The van der Waals surface area contributed by atoms with Gasteiger partial charge in [-0.1, -0.05) is 23.4 Å². The van der Waals surface area contributed by atoms with Crippen LogP contribution in [0, 0.1) is 0 Å². The Hall–Kier alpha value is -1.88. The molecule has 4 rings (SSSR count). The van der Waals surface area contributed by atoms with Crippen molar-refractivity contribution in [1.82, 2.24) is 15.5 Å². The van der Waals surface area contributed by atoms with Gasteiger partial charge >= 0.3 is 0 Å². The number of rotatable bonds is 3. The molecule has 0 aliphatic carbocycles. The van der Waals surface area contributed by atoms with Crippen molar-refractivity contribution < 1.29 is 9.26 Å². The lowest BCUT2D eigenvalue weighted by molar-refractivity contribution is 0.221. The van der Waals surface area contributed by atoms with E-state index < -0.39 is 0 Å². The number of benzene rings is 1. The summed E-state index contributed by atoms with van der Waals surface area (Å²) in [5.74, 6) is 2.30. The van der Waals surface area contributed by atoms with Crippen molar-refractivity contribution in [3.63, 3.8) is 0 Å². The first kappa shape index (κ1) is 11.9. The number of ether oxygens (including phenoxy) is 1. The Morgan fingerprint density at radius 3 is 3.10 bits per heavy atom. The molecule has 1 aromatic heterocycles. The molecular formula is C15H17N3O2. The highest BCUT2D eigenvalue weighted by Gasteiger charge is 2.28. The zero-order chi connectivity index (χ0) is 13.4. The highest BCUT2D eigenvalue weighted by atomic mass is 16.5. The van der Waals surface area contributed by atoms with Crippen molar-refractivity contribution in [2.75, 3.05) is 6.54 Å². The van der Waals surface area contributed by atoms with Crippen LogP contribution < -0.4 is 10.1 Å². The van der Waals surface area contributed by atoms with E-state index in [0.717, 1.165) is 25.1 Å². The van der Waals surface area contributed by atoms with Gasteiger partial charge in [0.2, 0.25) is 11.7 Å². The van der Waals surface area contributed by atoms with Crippen LogP contribution in [0.1, 0.15) is 36.2 Å². The van der Waals surface area contributed by atoms with Gasteiger partial charge in [-0.15, -0.1) is 0 Å². The largest absolute Gasteiger partial charge is 0.482 e. The van der Waals surface area contributed by atoms with Crippen LogP contribution in [0.5, 0.6) is 5.75 Å². The number of hydrogen-bond acceptors (Lipinski definition) is 5. The van der Waals surface area contributed by atoms with Gasteiger partial charge in [0.1, 0.15) is 5.75 Å². The van der Waals surface area contributed by atoms with Gasteiger partial charge in [-0.3, -0.25) is 0 Å². The number of nitrogens with zero attached hydrogens (tertiary/aromatic N) is 2. The van der Waals surface area contributed by atoms with Crippen LogP contribution in [0.25, 0.3) is 0 Å². The van der Waals surface area contributed by atoms with E-state index in [1.807, 2.05) is 18.2 Å². The molecule has 5 nitrogen and oxygen atoms in total. The second-order valence-electron chi connectivity index (χ2n) is 5.46. The third kappa shape index (κ3) is 2.18. The van der Waals surface area contributed by atoms with E-state index in [0.29, 0.717) is 17.8 Å². The molecule has 20 heavy (non-hydrogen) atoms. The molecule has 2 unspecified atom stereocenters. The third-order valence-corrected chi connectivity index (χ3v) is 4.00. The molecule has 1 saturated heterocycles. The Morgan fingerprint density at radius 1 is 1.30 bits per heavy atom. The topological polar surface area (TPSA) is 60.2 Å². The molecule has 0 saturated carbocycles. The smallest absolute Gasteiger partial charge is 0.228 e. The van der Waals surface area contributed by atoms with E-state index in [2.05, 4.69) is 21.5 Å². The number of para-hydroxylation sites is 1. The van der Waals surface area contributed by atoms with Crippen LogP contribution in [-0.4, -0.2) is 22.7 Å².